The summed E-state index contributed by atoms with van der Waals surface area (Å²) in [4.78, 5) is 0. The lowest BCUT2D eigenvalue weighted by Gasteiger charge is -2.11. The number of aromatic nitrogens is 3. The molecule has 1 aliphatic rings. The molecule has 1 aliphatic carbocycles. The zero-order valence-electron chi connectivity index (χ0n) is 11.9. The molecule has 3 rings (SSSR count). The van der Waals surface area contributed by atoms with Gasteiger partial charge < -0.3 is 0 Å². The van der Waals surface area contributed by atoms with Gasteiger partial charge in [0, 0.05) is 6.54 Å². The van der Waals surface area contributed by atoms with Crippen molar-refractivity contribution in [2.75, 3.05) is 12.3 Å². The highest BCUT2D eigenvalue weighted by atomic mass is 32.2. The number of hydrogen-bond donors (Lipinski definition) is 1. The normalized spacial score (nSPS) is 16.8. The Hall–Kier alpha value is -1.47. The van der Waals surface area contributed by atoms with Crippen LogP contribution in [0.2, 0.25) is 0 Å². The van der Waals surface area contributed by atoms with Crippen LogP contribution in [0, 0.1) is 5.92 Å². The van der Waals surface area contributed by atoms with Gasteiger partial charge in [-0.2, -0.15) is 0 Å². The quantitative estimate of drug-likeness (QED) is 0.878. The number of fused-ring (bicyclic) bond motifs is 1. The number of hydrogen-bond acceptors (Lipinski definition) is 4. The van der Waals surface area contributed by atoms with Crippen molar-refractivity contribution in [3.05, 3.63) is 24.3 Å². The first-order chi connectivity index (χ1) is 10.1. The number of nitrogens with zero attached hydrogens (tertiary/aromatic N) is 3. The van der Waals surface area contributed by atoms with Gasteiger partial charge in [-0.05, 0) is 30.9 Å². The van der Waals surface area contributed by atoms with Crippen LogP contribution < -0.4 is 4.72 Å². The second-order valence-corrected chi connectivity index (χ2v) is 7.55. The number of aryl methyl sites for hydroxylation is 1. The zero-order chi connectivity index (χ0) is 14.7. The minimum absolute atomic E-state index is 0.0348. The van der Waals surface area contributed by atoms with Gasteiger partial charge in [0.15, 0.2) is 0 Å². The molecule has 1 aromatic heterocycles. The van der Waals surface area contributed by atoms with E-state index in [0.717, 1.165) is 23.9 Å². The van der Waals surface area contributed by atoms with E-state index in [4.69, 9.17) is 0 Å². The molecule has 0 saturated heterocycles. The van der Waals surface area contributed by atoms with Crippen molar-refractivity contribution in [2.45, 2.75) is 32.2 Å². The molecule has 2 aromatic rings. The van der Waals surface area contributed by atoms with Gasteiger partial charge in [-0.15, -0.1) is 5.10 Å². The van der Waals surface area contributed by atoms with E-state index in [1.165, 1.54) is 12.8 Å². The molecule has 6 nitrogen and oxygen atoms in total. The van der Waals surface area contributed by atoms with Crippen molar-refractivity contribution >= 4 is 21.1 Å². The molecule has 0 bridgehead atoms. The van der Waals surface area contributed by atoms with Crippen molar-refractivity contribution in [1.29, 1.82) is 0 Å². The molecule has 7 heteroatoms. The van der Waals surface area contributed by atoms with E-state index in [2.05, 4.69) is 15.0 Å². The van der Waals surface area contributed by atoms with Crippen LogP contribution in [0.5, 0.6) is 0 Å². The molecule has 21 heavy (non-hydrogen) atoms. The maximum absolute atomic E-state index is 12.0. The van der Waals surface area contributed by atoms with Crippen LogP contribution in [0.25, 0.3) is 11.0 Å². The zero-order valence-corrected chi connectivity index (χ0v) is 12.7. The average molecular weight is 308 g/mol. The molecular formula is C14H20N4O2S. The van der Waals surface area contributed by atoms with E-state index < -0.39 is 10.0 Å². The second-order valence-electron chi connectivity index (χ2n) is 5.62. The molecule has 114 valence electrons. The number of sulfonamides is 1. The highest BCUT2D eigenvalue weighted by molar-refractivity contribution is 7.89. The third kappa shape index (κ3) is 3.59. The van der Waals surface area contributed by atoms with Crippen LogP contribution in [0.1, 0.15) is 25.7 Å². The van der Waals surface area contributed by atoms with Gasteiger partial charge in [-0.3, -0.25) is 0 Å². The highest BCUT2D eigenvalue weighted by Gasteiger charge is 2.18. The summed E-state index contributed by atoms with van der Waals surface area (Å²) < 4.78 is 28.5. The van der Waals surface area contributed by atoms with Crippen molar-refractivity contribution in [1.82, 2.24) is 19.7 Å². The van der Waals surface area contributed by atoms with Crippen molar-refractivity contribution in [2.24, 2.45) is 5.92 Å². The summed E-state index contributed by atoms with van der Waals surface area (Å²) in [6.07, 6.45) is 4.71. The van der Waals surface area contributed by atoms with E-state index in [9.17, 15) is 8.42 Å². The fraction of sp³-hybridized carbons (Fsp3) is 0.571. The summed E-state index contributed by atoms with van der Waals surface area (Å²) >= 11 is 0. The monoisotopic (exact) mass is 308 g/mol. The minimum Gasteiger partial charge on any atom is -0.244 e. The first kappa shape index (κ1) is 14.5. The largest absolute Gasteiger partial charge is 0.244 e. The summed E-state index contributed by atoms with van der Waals surface area (Å²) in [6, 6.07) is 7.55. The second kappa shape index (κ2) is 6.11. The van der Waals surface area contributed by atoms with Gasteiger partial charge in [0.2, 0.25) is 10.0 Å². The van der Waals surface area contributed by atoms with E-state index in [1.54, 1.807) is 4.68 Å². The SMILES string of the molecule is O=S(=O)(CCn1nnc2ccccc21)NCC1CCCC1. The number of rotatable bonds is 6. The first-order valence-corrected chi connectivity index (χ1v) is 9.05. The molecule has 0 radical (unpaired) electrons. The highest BCUT2D eigenvalue weighted by Crippen LogP contribution is 2.23. The Kier molecular flexibility index (Phi) is 4.21. The molecule has 1 aromatic carbocycles. The molecule has 1 saturated carbocycles. The third-order valence-corrected chi connectivity index (χ3v) is 5.39. The lowest BCUT2D eigenvalue weighted by atomic mass is 10.1. The van der Waals surface area contributed by atoms with E-state index in [1.807, 2.05) is 24.3 Å². The Bertz CT molecular complexity index is 705. The van der Waals surface area contributed by atoms with Crippen molar-refractivity contribution in [3.63, 3.8) is 0 Å². The number of para-hydroxylation sites is 1. The van der Waals surface area contributed by atoms with Gasteiger partial charge in [-0.25, -0.2) is 17.8 Å². The molecular weight excluding hydrogens is 288 g/mol. The fourth-order valence-corrected chi connectivity index (χ4v) is 3.87. The molecule has 0 unspecified atom stereocenters. The Balaban J connectivity index is 1.58. The smallest absolute Gasteiger partial charge is 0.213 e. The van der Waals surface area contributed by atoms with Gasteiger partial charge in [0.1, 0.15) is 5.52 Å². The average Bonchev–Trinajstić information content (AvgIpc) is 3.13. The number of benzene rings is 1. The summed E-state index contributed by atoms with van der Waals surface area (Å²) in [6.45, 7) is 0.890. The standard InChI is InChI=1S/C14H20N4O2S/c19-21(20,15-11-12-5-1-2-6-12)10-9-18-14-8-4-3-7-13(14)16-17-18/h3-4,7-8,12,15H,1-2,5-6,9-11H2. The Morgan fingerprint density at radius 2 is 2.00 bits per heavy atom. The van der Waals surface area contributed by atoms with Crippen molar-refractivity contribution in [3.8, 4) is 0 Å². The Morgan fingerprint density at radius 1 is 1.24 bits per heavy atom. The molecule has 0 spiro atoms. The fourth-order valence-electron chi connectivity index (χ4n) is 2.82. The third-order valence-electron chi connectivity index (χ3n) is 4.06. The molecule has 1 heterocycles. The molecule has 0 amide bonds. The van der Waals surface area contributed by atoms with Crippen molar-refractivity contribution < 1.29 is 8.42 Å². The molecule has 0 aliphatic heterocycles. The van der Waals surface area contributed by atoms with Crippen LogP contribution in [0.4, 0.5) is 0 Å². The van der Waals surface area contributed by atoms with Crippen LogP contribution in [-0.4, -0.2) is 35.7 Å². The van der Waals surface area contributed by atoms with Gasteiger partial charge in [0.05, 0.1) is 17.8 Å². The first-order valence-electron chi connectivity index (χ1n) is 7.40. The summed E-state index contributed by atoms with van der Waals surface area (Å²) in [5.41, 5.74) is 1.65. The van der Waals surface area contributed by atoms with Gasteiger partial charge in [-0.1, -0.05) is 30.2 Å². The predicted octanol–water partition coefficient (Wildman–Crippen LogP) is 1.54. The van der Waals surface area contributed by atoms with Crippen LogP contribution in [0.15, 0.2) is 24.3 Å². The van der Waals surface area contributed by atoms with Gasteiger partial charge in [0.25, 0.3) is 0 Å². The van der Waals surface area contributed by atoms with E-state index in [0.29, 0.717) is 19.0 Å². The molecule has 1 fully saturated rings. The Labute approximate surface area is 124 Å². The molecule has 1 N–H and O–H groups in total. The lowest BCUT2D eigenvalue weighted by molar-refractivity contribution is 0.516. The Morgan fingerprint density at radius 3 is 2.81 bits per heavy atom. The predicted molar refractivity (Wildman–Crippen MR) is 81.3 cm³/mol. The van der Waals surface area contributed by atoms with Crippen LogP contribution >= 0.6 is 0 Å². The summed E-state index contributed by atoms with van der Waals surface area (Å²) in [5.74, 6) is 0.541. The van der Waals surface area contributed by atoms with E-state index >= 15 is 0 Å². The van der Waals surface area contributed by atoms with Gasteiger partial charge >= 0.3 is 0 Å². The lowest BCUT2D eigenvalue weighted by Crippen LogP contribution is -2.32. The van der Waals surface area contributed by atoms with Crippen LogP contribution in [0.3, 0.4) is 0 Å². The maximum atomic E-state index is 12.0. The topological polar surface area (TPSA) is 76.9 Å². The van der Waals surface area contributed by atoms with E-state index in [-0.39, 0.29) is 5.75 Å². The number of nitrogens with one attached hydrogen (secondary N) is 1. The minimum atomic E-state index is -3.25. The summed E-state index contributed by atoms with van der Waals surface area (Å²) in [5, 5.41) is 8.04. The van der Waals surface area contributed by atoms with Crippen LogP contribution in [-0.2, 0) is 16.6 Å². The molecule has 0 atom stereocenters. The summed E-state index contributed by atoms with van der Waals surface area (Å²) in [7, 11) is -3.25. The maximum Gasteiger partial charge on any atom is 0.213 e.